The van der Waals surface area contributed by atoms with Gasteiger partial charge < -0.3 is 8.85 Å². The molecule has 0 unspecified atom stereocenters. The van der Waals surface area contributed by atoms with Crippen molar-refractivity contribution in [1.82, 2.24) is 0 Å². The Kier molecular flexibility index (Phi) is 11.9. The lowest BCUT2D eigenvalue weighted by Crippen LogP contribution is -2.49. The van der Waals surface area contributed by atoms with E-state index in [0.717, 1.165) is 18.8 Å². The molecule has 0 amide bonds. The molecule has 0 saturated heterocycles. The Morgan fingerprint density at radius 2 is 1.45 bits per heavy atom. The van der Waals surface area contributed by atoms with Gasteiger partial charge in [-0.2, -0.15) is 0 Å². The molecule has 2 nitrogen and oxygen atoms in total. The summed E-state index contributed by atoms with van der Waals surface area (Å²) in [6.07, 6.45) is 18.8. The van der Waals surface area contributed by atoms with Gasteiger partial charge in [-0.1, -0.05) is 113 Å². The number of hydrogen-bond acceptors (Lipinski definition) is 2. The fourth-order valence-corrected chi connectivity index (χ4v) is 10.3. The molecule has 0 aromatic heterocycles. The molecule has 0 bridgehead atoms. The minimum absolute atomic E-state index is 0.0393. The van der Waals surface area contributed by atoms with E-state index in [1.807, 2.05) is 0 Å². The lowest BCUT2D eigenvalue weighted by Gasteiger charge is -2.45. The Morgan fingerprint density at radius 1 is 0.864 bits per heavy atom. The van der Waals surface area contributed by atoms with E-state index in [2.05, 4.69) is 127 Å². The molecule has 7 atom stereocenters. The van der Waals surface area contributed by atoms with Gasteiger partial charge in [0, 0.05) is 6.42 Å². The van der Waals surface area contributed by atoms with Crippen LogP contribution >= 0.6 is 0 Å². The zero-order valence-electron chi connectivity index (χ0n) is 31.8. The molecule has 3 saturated carbocycles. The van der Waals surface area contributed by atoms with Crippen LogP contribution in [0, 0.1) is 35.0 Å². The maximum absolute atomic E-state index is 7.09. The second kappa shape index (κ2) is 13.8. The molecule has 0 aromatic rings. The molecule has 3 fully saturated rings. The molecule has 252 valence electrons. The molecule has 0 radical (unpaired) electrons. The van der Waals surface area contributed by atoms with Crippen molar-refractivity contribution in [3.05, 3.63) is 47.6 Å². The van der Waals surface area contributed by atoms with Gasteiger partial charge in [0.1, 0.15) is 0 Å². The third-order valence-corrected chi connectivity index (χ3v) is 22.2. The fraction of sp³-hybridized carbons (Fsp3) is 0.800. The average molecular weight is 641 g/mol. The smallest absolute Gasteiger partial charge is 0.192 e. The summed E-state index contributed by atoms with van der Waals surface area (Å²) in [5.41, 5.74) is 4.64. The molecule has 44 heavy (non-hydrogen) atoms. The first-order valence-corrected chi connectivity index (χ1v) is 23.9. The van der Waals surface area contributed by atoms with Crippen LogP contribution in [0.1, 0.15) is 121 Å². The number of allylic oxidation sites excluding steroid dienone is 5. The number of fused-ring (bicyclic) bond motifs is 1. The summed E-state index contributed by atoms with van der Waals surface area (Å²) in [6.45, 7) is 40.5. The largest absolute Gasteiger partial charge is 0.413 e. The second-order valence-corrected chi connectivity index (χ2v) is 28.2. The highest BCUT2D eigenvalue weighted by Crippen LogP contribution is 2.59. The lowest BCUT2D eigenvalue weighted by molar-refractivity contribution is 0.0969. The first-order valence-electron chi connectivity index (χ1n) is 18.1. The molecule has 3 aliphatic carbocycles. The monoisotopic (exact) mass is 641 g/mol. The molecule has 0 N–H and O–H groups in total. The van der Waals surface area contributed by atoms with E-state index in [1.54, 1.807) is 5.57 Å². The molecule has 0 spiro atoms. The van der Waals surface area contributed by atoms with E-state index in [4.69, 9.17) is 15.4 Å². The van der Waals surface area contributed by atoms with E-state index >= 15 is 0 Å². The maximum Gasteiger partial charge on any atom is 0.192 e. The van der Waals surface area contributed by atoms with Gasteiger partial charge in [0.15, 0.2) is 16.6 Å². The van der Waals surface area contributed by atoms with Gasteiger partial charge in [-0.15, -0.1) is 0 Å². The van der Waals surface area contributed by atoms with E-state index in [9.17, 15) is 0 Å². The van der Waals surface area contributed by atoms with Gasteiger partial charge >= 0.3 is 0 Å². The van der Waals surface area contributed by atoms with E-state index in [-0.39, 0.29) is 22.3 Å². The van der Waals surface area contributed by atoms with E-state index < -0.39 is 16.6 Å². The van der Waals surface area contributed by atoms with Crippen LogP contribution in [0.5, 0.6) is 0 Å². The predicted octanol–water partition coefficient (Wildman–Crippen LogP) is 12.7. The summed E-state index contributed by atoms with van der Waals surface area (Å²) in [6, 6.07) is 0. The summed E-state index contributed by atoms with van der Waals surface area (Å²) in [7, 11) is -3.88. The average Bonchev–Trinajstić information content (AvgIpc) is 3.23. The van der Waals surface area contributed by atoms with Crippen LogP contribution in [0.4, 0.5) is 0 Å². The Hall–Kier alpha value is -0.686. The molecular formula is C40H72O2Si2. The highest BCUT2D eigenvalue weighted by molar-refractivity contribution is 6.74. The van der Waals surface area contributed by atoms with Gasteiger partial charge in [-0.25, -0.2) is 0 Å². The Balaban J connectivity index is 1.90. The van der Waals surface area contributed by atoms with E-state index in [0.29, 0.717) is 29.1 Å². The van der Waals surface area contributed by atoms with E-state index in [1.165, 1.54) is 43.3 Å². The first kappa shape index (κ1) is 37.8. The molecule has 0 aliphatic heterocycles. The molecule has 3 rings (SSSR count). The highest BCUT2D eigenvalue weighted by Gasteiger charge is 2.50. The van der Waals surface area contributed by atoms with Crippen molar-refractivity contribution in [1.29, 1.82) is 0 Å². The summed E-state index contributed by atoms with van der Waals surface area (Å²) in [4.78, 5) is 0. The van der Waals surface area contributed by atoms with Gasteiger partial charge in [-0.05, 0) is 121 Å². The number of rotatable bonds is 9. The summed E-state index contributed by atoms with van der Waals surface area (Å²) >= 11 is 0. The summed E-state index contributed by atoms with van der Waals surface area (Å²) < 4.78 is 14.2. The standard InChI is InChI=1S/C40H72O2Si2/c1-28(2)29(3)19-20-30(4)35-23-24-36-32(18-17-25-40(35,36)12)21-22-33-26-34(41-43(13,14)38(6,7)8)27-37(31(33)5)42-44(15,16)39(9,10)11/h19-22,28-30,34-37H,5,17-18,23-27H2,1-4,6-16H3/b20-19+,32-21+,33-22+/t29-,30+,34+,35+,36+,37-,40+/m0/s1. The summed E-state index contributed by atoms with van der Waals surface area (Å²) in [5.74, 6) is 3.47. The Labute approximate surface area is 276 Å². The highest BCUT2D eigenvalue weighted by atomic mass is 28.4. The van der Waals surface area contributed by atoms with Gasteiger partial charge in [0.25, 0.3) is 0 Å². The maximum atomic E-state index is 7.09. The second-order valence-electron chi connectivity index (χ2n) is 18.7. The quantitative estimate of drug-likeness (QED) is 0.184. The third kappa shape index (κ3) is 8.42. The first-order chi connectivity index (χ1) is 20.0. The van der Waals surface area contributed by atoms with Crippen LogP contribution in [-0.4, -0.2) is 28.8 Å². The molecule has 3 aliphatic rings. The van der Waals surface area contributed by atoms with Crippen molar-refractivity contribution in [3.8, 4) is 0 Å². The topological polar surface area (TPSA) is 18.5 Å². The van der Waals surface area contributed by atoms with Gasteiger partial charge in [0.05, 0.1) is 12.2 Å². The lowest BCUT2D eigenvalue weighted by atomic mass is 9.61. The molecule has 0 aromatic carbocycles. The zero-order chi connectivity index (χ0) is 33.5. The van der Waals surface area contributed by atoms with Gasteiger partial charge in [0.2, 0.25) is 0 Å². The minimum Gasteiger partial charge on any atom is -0.413 e. The van der Waals surface area contributed by atoms with Crippen LogP contribution < -0.4 is 0 Å². The van der Waals surface area contributed by atoms with Crippen molar-refractivity contribution >= 4 is 16.6 Å². The molecule has 0 heterocycles. The van der Waals surface area contributed by atoms with Crippen molar-refractivity contribution in [2.45, 2.75) is 170 Å². The van der Waals surface area contributed by atoms with Gasteiger partial charge in [-0.3, -0.25) is 0 Å². The molecular weight excluding hydrogens is 569 g/mol. The van der Waals surface area contributed by atoms with Crippen LogP contribution in [0.15, 0.2) is 47.6 Å². The fourth-order valence-electron chi connectivity index (χ4n) is 7.62. The Bertz CT molecular complexity index is 1100. The summed E-state index contributed by atoms with van der Waals surface area (Å²) in [5, 5.41) is 0.352. The Morgan fingerprint density at radius 3 is 2.02 bits per heavy atom. The molecule has 4 heteroatoms. The van der Waals surface area contributed by atoms with Crippen molar-refractivity contribution < 1.29 is 8.85 Å². The van der Waals surface area contributed by atoms with Crippen molar-refractivity contribution in [2.24, 2.45) is 35.0 Å². The normalized spacial score (nSPS) is 32.6. The zero-order valence-corrected chi connectivity index (χ0v) is 33.8. The third-order valence-electron chi connectivity index (χ3n) is 13.2. The number of hydrogen-bond donors (Lipinski definition) is 0. The van der Waals surface area contributed by atoms with Crippen LogP contribution in [0.25, 0.3) is 0 Å². The van der Waals surface area contributed by atoms with Crippen molar-refractivity contribution in [3.63, 3.8) is 0 Å². The predicted molar refractivity (Wildman–Crippen MR) is 199 cm³/mol. The SMILES string of the molecule is C=C1/C(=C/C=C2\CCC[C@@]3(C)[C@@H]2CC[C@@H]3[C@H](C)/C=C/[C@H](C)C(C)C)C[C@@H](O[Si](C)(C)C(C)(C)C)C[C@@H]1O[Si](C)(C)C(C)(C)C. The van der Waals surface area contributed by atoms with Crippen LogP contribution in [0.2, 0.25) is 36.3 Å². The minimum atomic E-state index is -1.96. The van der Waals surface area contributed by atoms with Crippen molar-refractivity contribution in [2.75, 3.05) is 0 Å². The van der Waals surface area contributed by atoms with Crippen LogP contribution in [0.3, 0.4) is 0 Å². The van der Waals surface area contributed by atoms with Crippen LogP contribution in [-0.2, 0) is 8.85 Å².